The molecule has 0 aliphatic carbocycles. The van der Waals surface area contributed by atoms with Gasteiger partial charge in [-0.15, -0.1) is 11.3 Å². The Bertz CT molecular complexity index is 836. The summed E-state index contributed by atoms with van der Waals surface area (Å²) < 4.78 is 14.4. The minimum Gasteiger partial charge on any atom is -0.376 e. The number of nitrogens with zero attached hydrogens (tertiary/aromatic N) is 4. The maximum Gasteiger partial charge on any atom is 0.163 e. The molecule has 3 heterocycles. The molecule has 7 heteroatoms. The van der Waals surface area contributed by atoms with Crippen LogP contribution in [0.4, 0.5) is 0 Å². The van der Waals surface area contributed by atoms with Gasteiger partial charge in [0, 0.05) is 6.42 Å². The van der Waals surface area contributed by atoms with Crippen molar-refractivity contribution in [1.82, 2.24) is 19.7 Å². The predicted molar refractivity (Wildman–Crippen MR) is 88.2 cm³/mol. The Kier molecular flexibility index (Phi) is 3.84. The van der Waals surface area contributed by atoms with Crippen molar-refractivity contribution in [2.45, 2.75) is 26.4 Å². The summed E-state index contributed by atoms with van der Waals surface area (Å²) >= 11 is 1.69. The molecule has 1 unspecified atom stereocenters. The highest BCUT2D eigenvalue weighted by Crippen LogP contribution is 2.27. The molecule has 1 saturated heterocycles. The first-order valence-corrected chi connectivity index (χ1v) is 8.59. The third kappa shape index (κ3) is 2.75. The maximum atomic E-state index is 5.82. The number of hydrogen-bond donors (Lipinski definition) is 0. The second-order valence-electron chi connectivity index (χ2n) is 5.47. The van der Waals surface area contributed by atoms with Crippen LogP contribution in [0.1, 0.15) is 29.7 Å². The molecule has 0 bridgehead atoms. The van der Waals surface area contributed by atoms with Crippen LogP contribution in [0, 0.1) is 6.92 Å². The van der Waals surface area contributed by atoms with Crippen molar-refractivity contribution in [2.75, 3.05) is 19.8 Å². The Hall–Kier alpha value is -1.83. The largest absolute Gasteiger partial charge is 0.376 e. The van der Waals surface area contributed by atoms with E-state index in [1.165, 1.54) is 0 Å². The van der Waals surface area contributed by atoms with Crippen LogP contribution in [-0.4, -0.2) is 39.6 Å². The van der Waals surface area contributed by atoms with Crippen LogP contribution in [0.5, 0.6) is 0 Å². The zero-order valence-corrected chi connectivity index (χ0v) is 14.0. The van der Waals surface area contributed by atoms with E-state index in [-0.39, 0.29) is 6.10 Å². The highest BCUT2D eigenvalue weighted by molar-refractivity contribution is 7.18. The number of aryl methyl sites for hydroxylation is 2. The zero-order chi connectivity index (χ0) is 15.8. The standard InChI is InChI=1S/C16H18N4O2S/c1-3-15-18-16(13-9-21-6-7-22-13)20(19-15)11-4-5-12-14(8-11)23-10(2)17-12/h4-5,8,13H,3,6-7,9H2,1-2H3. The van der Waals surface area contributed by atoms with Gasteiger partial charge in [0.1, 0.15) is 6.10 Å². The third-order valence-corrected chi connectivity index (χ3v) is 4.75. The van der Waals surface area contributed by atoms with E-state index in [0.29, 0.717) is 19.8 Å². The Balaban J connectivity index is 1.80. The summed E-state index contributed by atoms with van der Waals surface area (Å²) in [4.78, 5) is 9.16. The smallest absolute Gasteiger partial charge is 0.163 e. The summed E-state index contributed by atoms with van der Waals surface area (Å²) in [6.45, 7) is 5.82. The first-order chi connectivity index (χ1) is 11.2. The third-order valence-electron chi connectivity index (χ3n) is 3.82. The van der Waals surface area contributed by atoms with Crippen molar-refractivity contribution in [1.29, 1.82) is 0 Å². The molecule has 3 aromatic rings. The lowest BCUT2D eigenvalue weighted by Gasteiger charge is -2.22. The Morgan fingerprint density at radius 1 is 1.30 bits per heavy atom. The van der Waals surface area contributed by atoms with Crippen molar-refractivity contribution >= 4 is 21.6 Å². The molecule has 4 rings (SSSR count). The van der Waals surface area contributed by atoms with Gasteiger partial charge < -0.3 is 9.47 Å². The average Bonchev–Trinajstić information content (AvgIpc) is 3.17. The van der Waals surface area contributed by atoms with Crippen LogP contribution >= 0.6 is 11.3 Å². The quantitative estimate of drug-likeness (QED) is 0.739. The predicted octanol–water partition coefficient (Wildman–Crippen LogP) is 2.84. The minimum atomic E-state index is -0.171. The molecular formula is C16H18N4O2S. The van der Waals surface area contributed by atoms with Gasteiger partial charge in [-0.1, -0.05) is 6.92 Å². The van der Waals surface area contributed by atoms with Crippen LogP contribution in [0.3, 0.4) is 0 Å². The topological polar surface area (TPSA) is 62.1 Å². The van der Waals surface area contributed by atoms with Gasteiger partial charge >= 0.3 is 0 Å². The number of benzene rings is 1. The molecule has 6 nitrogen and oxygen atoms in total. The molecule has 1 atom stereocenters. The SMILES string of the molecule is CCc1nc(C2COCCO2)n(-c2ccc3nc(C)sc3c2)n1. The summed E-state index contributed by atoms with van der Waals surface area (Å²) in [6.07, 6.45) is 0.616. The Morgan fingerprint density at radius 2 is 2.22 bits per heavy atom. The molecule has 0 radical (unpaired) electrons. The number of fused-ring (bicyclic) bond motifs is 1. The second-order valence-corrected chi connectivity index (χ2v) is 6.71. The van der Waals surface area contributed by atoms with Crippen molar-refractivity contribution in [2.24, 2.45) is 0 Å². The van der Waals surface area contributed by atoms with E-state index in [4.69, 9.17) is 9.47 Å². The van der Waals surface area contributed by atoms with E-state index in [0.717, 1.165) is 39.0 Å². The van der Waals surface area contributed by atoms with E-state index in [2.05, 4.69) is 28.1 Å². The number of rotatable bonds is 3. The summed E-state index contributed by atoms with van der Waals surface area (Å²) in [5.41, 5.74) is 2.00. The molecule has 0 N–H and O–H groups in total. The zero-order valence-electron chi connectivity index (χ0n) is 13.2. The van der Waals surface area contributed by atoms with Gasteiger partial charge in [-0.2, -0.15) is 5.10 Å². The van der Waals surface area contributed by atoms with Crippen LogP contribution in [0.25, 0.3) is 15.9 Å². The van der Waals surface area contributed by atoms with Gasteiger partial charge in [-0.25, -0.2) is 14.6 Å². The molecule has 1 aliphatic rings. The Labute approximate surface area is 138 Å². The molecule has 120 valence electrons. The lowest BCUT2D eigenvalue weighted by atomic mass is 10.2. The first kappa shape index (κ1) is 14.7. The van der Waals surface area contributed by atoms with E-state index in [1.807, 2.05) is 23.7 Å². The minimum absolute atomic E-state index is 0.171. The first-order valence-electron chi connectivity index (χ1n) is 7.77. The molecule has 0 amide bonds. The molecule has 1 fully saturated rings. The second kappa shape index (κ2) is 5.99. The fourth-order valence-electron chi connectivity index (χ4n) is 2.71. The van der Waals surface area contributed by atoms with Crippen LogP contribution in [0.15, 0.2) is 18.2 Å². The monoisotopic (exact) mass is 330 g/mol. The summed E-state index contributed by atoms with van der Waals surface area (Å²) in [6, 6.07) is 6.17. The molecule has 1 aromatic carbocycles. The highest BCUT2D eigenvalue weighted by atomic mass is 32.1. The molecule has 23 heavy (non-hydrogen) atoms. The van der Waals surface area contributed by atoms with Crippen molar-refractivity contribution < 1.29 is 9.47 Å². The number of aromatic nitrogens is 4. The molecule has 1 aliphatic heterocycles. The number of ether oxygens (including phenoxy) is 2. The molecular weight excluding hydrogens is 312 g/mol. The molecule has 0 saturated carbocycles. The highest BCUT2D eigenvalue weighted by Gasteiger charge is 2.24. The van der Waals surface area contributed by atoms with Gasteiger partial charge in [-0.3, -0.25) is 0 Å². The normalized spacial score (nSPS) is 18.6. The van der Waals surface area contributed by atoms with E-state index in [1.54, 1.807) is 11.3 Å². The van der Waals surface area contributed by atoms with E-state index < -0.39 is 0 Å². The molecule has 2 aromatic heterocycles. The average molecular weight is 330 g/mol. The summed E-state index contributed by atoms with van der Waals surface area (Å²) in [5.74, 6) is 1.62. The lowest BCUT2D eigenvalue weighted by Crippen LogP contribution is -2.24. The fourth-order valence-corrected chi connectivity index (χ4v) is 3.57. The summed E-state index contributed by atoms with van der Waals surface area (Å²) in [5, 5.41) is 5.71. The van der Waals surface area contributed by atoms with Gasteiger partial charge in [0.2, 0.25) is 0 Å². The summed E-state index contributed by atoms with van der Waals surface area (Å²) in [7, 11) is 0. The van der Waals surface area contributed by atoms with E-state index in [9.17, 15) is 0 Å². The van der Waals surface area contributed by atoms with Crippen molar-refractivity contribution in [3.8, 4) is 5.69 Å². The van der Waals surface area contributed by atoms with Gasteiger partial charge in [-0.05, 0) is 25.1 Å². The van der Waals surface area contributed by atoms with Crippen molar-refractivity contribution in [3.63, 3.8) is 0 Å². The van der Waals surface area contributed by atoms with Crippen LogP contribution in [-0.2, 0) is 15.9 Å². The van der Waals surface area contributed by atoms with Crippen LogP contribution in [0.2, 0.25) is 0 Å². The fraction of sp³-hybridized carbons (Fsp3) is 0.438. The maximum absolute atomic E-state index is 5.82. The molecule has 0 spiro atoms. The lowest BCUT2D eigenvalue weighted by molar-refractivity contribution is -0.0942. The number of hydrogen-bond acceptors (Lipinski definition) is 6. The van der Waals surface area contributed by atoms with Gasteiger partial charge in [0.25, 0.3) is 0 Å². The number of thiazole rings is 1. The van der Waals surface area contributed by atoms with Crippen LogP contribution < -0.4 is 0 Å². The van der Waals surface area contributed by atoms with E-state index >= 15 is 0 Å². The Morgan fingerprint density at radius 3 is 3.00 bits per heavy atom. The van der Waals surface area contributed by atoms with Crippen molar-refractivity contribution in [3.05, 3.63) is 34.9 Å². The van der Waals surface area contributed by atoms with Gasteiger partial charge in [0.15, 0.2) is 11.6 Å². The van der Waals surface area contributed by atoms with Gasteiger partial charge in [0.05, 0.1) is 40.7 Å².